The van der Waals surface area contributed by atoms with Gasteiger partial charge in [-0.05, 0) is 31.9 Å². The van der Waals surface area contributed by atoms with E-state index in [0.29, 0.717) is 34.8 Å². The monoisotopic (exact) mass is 373 g/mol. The van der Waals surface area contributed by atoms with E-state index < -0.39 is 0 Å². The zero-order valence-corrected chi connectivity index (χ0v) is 15.5. The SMILES string of the molecule is Cc1oc2ncn(CCC(=O)NCCc3ccccc3Cl)c(=O)c2c1C. The number of halogens is 1. The van der Waals surface area contributed by atoms with Crippen molar-refractivity contribution in [3.8, 4) is 0 Å². The van der Waals surface area contributed by atoms with E-state index in [-0.39, 0.29) is 24.4 Å². The number of nitrogens with one attached hydrogen (secondary N) is 1. The fourth-order valence-corrected chi connectivity index (χ4v) is 3.01. The van der Waals surface area contributed by atoms with Crippen LogP contribution in [0.25, 0.3) is 11.1 Å². The first kappa shape index (κ1) is 18.2. The molecule has 0 spiro atoms. The van der Waals surface area contributed by atoms with Gasteiger partial charge in [-0.15, -0.1) is 0 Å². The van der Waals surface area contributed by atoms with Crippen LogP contribution in [0, 0.1) is 13.8 Å². The van der Waals surface area contributed by atoms with Crippen LogP contribution in [-0.4, -0.2) is 22.0 Å². The summed E-state index contributed by atoms with van der Waals surface area (Å²) in [5, 5.41) is 4.02. The van der Waals surface area contributed by atoms with Crippen molar-refractivity contribution in [1.29, 1.82) is 0 Å². The summed E-state index contributed by atoms with van der Waals surface area (Å²) in [6, 6.07) is 7.55. The number of benzene rings is 1. The highest BCUT2D eigenvalue weighted by atomic mass is 35.5. The Morgan fingerprint density at radius 1 is 1.31 bits per heavy atom. The molecule has 3 rings (SSSR count). The number of hydrogen-bond acceptors (Lipinski definition) is 4. The maximum atomic E-state index is 12.5. The average molecular weight is 374 g/mol. The Morgan fingerprint density at radius 3 is 2.85 bits per heavy atom. The van der Waals surface area contributed by atoms with Gasteiger partial charge in [0, 0.05) is 30.1 Å². The first-order valence-electron chi connectivity index (χ1n) is 8.42. The van der Waals surface area contributed by atoms with Crippen LogP contribution in [0.5, 0.6) is 0 Å². The van der Waals surface area contributed by atoms with Gasteiger partial charge in [0.2, 0.25) is 11.6 Å². The Labute approximate surface area is 155 Å². The quantitative estimate of drug-likeness (QED) is 0.720. The highest BCUT2D eigenvalue weighted by molar-refractivity contribution is 6.31. The largest absolute Gasteiger partial charge is 0.443 e. The van der Waals surface area contributed by atoms with Crippen molar-refractivity contribution in [2.24, 2.45) is 0 Å². The summed E-state index contributed by atoms with van der Waals surface area (Å²) in [5.41, 5.74) is 1.93. The summed E-state index contributed by atoms with van der Waals surface area (Å²) in [7, 11) is 0. The van der Waals surface area contributed by atoms with Crippen molar-refractivity contribution in [1.82, 2.24) is 14.9 Å². The van der Waals surface area contributed by atoms with Gasteiger partial charge in [0.05, 0.1) is 0 Å². The summed E-state index contributed by atoms with van der Waals surface area (Å²) in [6.45, 7) is 4.39. The van der Waals surface area contributed by atoms with E-state index in [1.165, 1.54) is 10.9 Å². The van der Waals surface area contributed by atoms with E-state index in [4.69, 9.17) is 16.0 Å². The van der Waals surface area contributed by atoms with Gasteiger partial charge in [-0.3, -0.25) is 14.2 Å². The van der Waals surface area contributed by atoms with Gasteiger partial charge < -0.3 is 9.73 Å². The lowest BCUT2D eigenvalue weighted by Gasteiger charge is -2.08. The molecule has 0 aliphatic rings. The van der Waals surface area contributed by atoms with Crippen LogP contribution >= 0.6 is 11.6 Å². The number of hydrogen-bond donors (Lipinski definition) is 1. The number of fused-ring (bicyclic) bond motifs is 1. The second-order valence-corrected chi connectivity index (χ2v) is 6.56. The molecule has 2 heterocycles. The van der Waals surface area contributed by atoms with Crippen molar-refractivity contribution in [3.63, 3.8) is 0 Å². The summed E-state index contributed by atoms with van der Waals surface area (Å²) in [4.78, 5) is 28.7. The van der Waals surface area contributed by atoms with Gasteiger partial charge in [0.15, 0.2) is 0 Å². The molecule has 7 heteroatoms. The fourth-order valence-electron chi connectivity index (χ4n) is 2.78. The van der Waals surface area contributed by atoms with Crippen LogP contribution in [-0.2, 0) is 17.8 Å². The maximum Gasteiger partial charge on any atom is 0.264 e. The molecule has 0 saturated heterocycles. The lowest BCUT2D eigenvalue weighted by atomic mass is 10.1. The molecule has 3 aromatic rings. The van der Waals surface area contributed by atoms with Crippen LogP contribution in [0.2, 0.25) is 5.02 Å². The molecule has 136 valence electrons. The predicted octanol–water partition coefficient (Wildman–Crippen LogP) is 3.01. The highest BCUT2D eigenvalue weighted by Gasteiger charge is 2.14. The minimum Gasteiger partial charge on any atom is -0.443 e. The number of rotatable bonds is 6. The molecule has 0 radical (unpaired) electrons. The number of nitrogens with zero attached hydrogens (tertiary/aromatic N) is 2. The van der Waals surface area contributed by atoms with Crippen molar-refractivity contribution in [2.75, 3.05) is 6.54 Å². The molecule has 2 aromatic heterocycles. The molecule has 0 atom stereocenters. The molecule has 0 fully saturated rings. The van der Waals surface area contributed by atoms with E-state index in [1.807, 2.05) is 31.2 Å². The number of carbonyl (C=O) groups excluding carboxylic acids is 1. The Kier molecular flexibility index (Phi) is 5.42. The molecule has 1 amide bonds. The Bertz CT molecular complexity index is 1010. The molecule has 1 N–H and O–H groups in total. The Morgan fingerprint density at radius 2 is 2.08 bits per heavy atom. The third-order valence-electron chi connectivity index (χ3n) is 4.41. The van der Waals surface area contributed by atoms with Crippen molar-refractivity contribution < 1.29 is 9.21 Å². The first-order chi connectivity index (χ1) is 12.5. The minimum atomic E-state index is -0.187. The number of furan rings is 1. The second-order valence-electron chi connectivity index (χ2n) is 6.15. The lowest BCUT2D eigenvalue weighted by Crippen LogP contribution is -2.29. The first-order valence-corrected chi connectivity index (χ1v) is 8.80. The van der Waals surface area contributed by atoms with Crippen LogP contribution in [0.4, 0.5) is 0 Å². The van der Waals surface area contributed by atoms with Gasteiger partial charge in [-0.2, -0.15) is 0 Å². The van der Waals surface area contributed by atoms with Crippen molar-refractivity contribution in [2.45, 2.75) is 33.2 Å². The smallest absolute Gasteiger partial charge is 0.264 e. The molecule has 0 aliphatic carbocycles. The summed E-state index contributed by atoms with van der Waals surface area (Å²) >= 11 is 6.09. The van der Waals surface area contributed by atoms with E-state index >= 15 is 0 Å². The van der Waals surface area contributed by atoms with Gasteiger partial charge in [0.25, 0.3) is 5.56 Å². The zero-order valence-electron chi connectivity index (χ0n) is 14.7. The number of amides is 1. The lowest BCUT2D eigenvalue weighted by molar-refractivity contribution is -0.121. The van der Waals surface area contributed by atoms with Crippen LogP contribution in [0.3, 0.4) is 0 Å². The fraction of sp³-hybridized carbons (Fsp3) is 0.316. The van der Waals surface area contributed by atoms with Crippen molar-refractivity contribution in [3.05, 3.63) is 62.9 Å². The molecule has 0 aliphatic heterocycles. The summed E-state index contributed by atoms with van der Waals surface area (Å²) in [5.74, 6) is 0.559. The average Bonchev–Trinajstić information content (AvgIpc) is 2.91. The zero-order chi connectivity index (χ0) is 18.7. The van der Waals surface area contributed by atoms with Gasteiger partial charge in [0.1, 0.15) is 17.5 Å². The predicted molar refractivity (Wildman–Crippen MR) is 101 cm³/mol. The topological polar surface area (TPSA) is 77.1 Å². The molecule has 0 unspecified atom stereocenters. The highest BCUT2D eigenvalue weighted by Crippen LogP contribution is 2.19. The van der Waals surface area contributed by atoms with E-state index in [9.17, 15) is 9.59 Å². The summed E-state index contributed by atoms with van der Waals surface area (Å²) < 4.78 is 6.89. The second kappa shape index (κ2) is 7.74. The van der Waals surface area contributed by atoms with Gasteiger partial charge in [-0.25, -0.2) is 4.98 Å². The molecule has 6 nitrogen and oxygen atoms in total. The van der Waals surface area contributed by atoms with Crippen LogP contribution in [0.15, 0.2) is 39.8 Å². The Balaban J connectivity index is 1.57. The number of carbonyl (C=O) groups is 1. The Hall–Kier alpha value is -2.60. The minimum absolute atomic E-state index is 0.121. The van der Waals surface area contributed by atoms with Gasteiger partial charge in [-0.1, -0.05) is 29.8 Å². The summed E-state index contributed by atoms with van der Waals surface area (Å²) in [6.07, 6.45) is 2.28. The van der Waals surface area contributed by atoms with Crippen LogP contribution in [0.1, 0.15) is 23.3 Å². The van der Waals surface area contributed by atoms with Crippen LogP contribution < -0.4 is 10.9 Å². The number of aryl methyl sites for hydroxylation is 3. The molecular weight excluding hydrogens is 354 g/mol. The maximum absolute atomic E-state index is 12.5. The number of aromatic nitrogens is 2. The molecule has 1 aromatic carbocycles. The van der Waals surface area contributed by atoms with Gasteiger partial charge >= 0.3 is 0 Å². The van der Waals surface area contributed by atoms with Crippen molar-refractivity contribution >= 4 is 28.6 Å². The van der Waals surface area contributed by atoms with E-state index in [2.05, 4.69) is 10.3 Å². The molecule has 0 saturated carbocycles. The third-order valence-corrected chi connectivity index (χ3v) is 4.78. The molecule has 26 heavy (non-hydrogen) atoms. The normalized spacial score (nSPS) is 11.0. The van der Waals surface area contributed by atoms with E-state index in [1.54, 1.807) is 6.92 Å². The standard InChI is InChI=1S/C19H20ClN3O3/c1-12-13(2)26-18-17(12)19(25)23(11-22-18)10-8-16(24)21-9-7-14-5-3-4-6-15(14)20/h3-6,11H,7-10H2,1-2H3,(H,21,24). The van der Waals surface area contributed by atoms with E-state index in [0.717, 1.165) is 11.1 Å². The third kappa shape index (κ3) is 3.80. The molecule has 0 bridgehead atoms. The molecular formula is C19H20ClN3O3.